The van der Waals surface area contributed by atoms with Crippen LogP contribution in [0.1, 0.15) is 30.4 Å². The lowest BCUT2D eigenvalue weighted by molar-refractivity contribution is -0.130. The van der Waals surface area contributed by atoms with E-state index in [1.165, 1.54) is 5.56 Å². The molecule has 0 unspecified atom stereocenters. The molecule has 0 saturated heterocycles. The van der Waals surface area contributed by atoms with Gasteiger partial charge in [0.2, 0.25) is 6.10 Å². The molecule has 2 aromatic carbocycles. The molecule has 5 heteroatoms. The molecule has 1 aliphatic carbocycles. The minimum Gasteiger partial charge on any atom is -0.485 e. The zero-order valence-corrected chi connectivity index (χ0v) is 13.9. The van der Waals surface area contributed by atoms with Gasteiger partial charge in [0.25, 0.3) is 5.91 Å². The highest BCUT2D eigenvalue weighted by atomic mass is 16.6. The maximum absolute atomic E-state index is 12.4. The zero-order valence-electron chi connectivity index (χ0n) is 13.9. The van der Waals surface area contributed by atoms with Crippen molar-refractivity contribution in [2.75, 3.05) is 6.61 Å². The Kier molecular flexibility index (Phi) is 4.37. The Morgan fingerprint density at radius 1 is 1.00 bits per heavy atom. The largest absolute Gasteiger partial charge is 0.485 e. The van der Waals surface area contributed by atoms with Crippen LogP contribution in [0.5, 0.6) is 11.5 Å². The van der Waals surface area contributed by atoms with E-state index in [-0.39, 0.29) is 12.5 Å². The highest BCUT2D eigenvalue weighted by Crippen LogP contribution is 2.30. The number of ether oxygens (including phenoxy) is 2. The van der Waals surface area contributed by atoms with Crippen LogP contribution in [0.3, 0.4) is 0 Å². The lowest BCUT2D eigenvalue weighted by atomic mass is 10.0. The fraction of sp³-hybridized carbons (Fsp3) is 0.300. The molecule has 5 nitrogen and oxygen atoms in total. The molecule has 1 atom stereocenters. The van der Waals surface area contributed by atoms with Crippen molar-refractivity contribution in [2.24, 2.45) is 5.10 Å². The van der Waals surface area contributed by atoms with Crippen LogP contribution < -0.4 is 14.9 Å². The van der Waals surface area contributed by atoms with Crippen LogP contribution >= 0.6 is 0 Å². The van der Waals surface area contributed by atoms with Gasteiger partial charge in [-0.1, -0.05) is 36.4 Å². The highest BCUT2D eigenvalue weighted by molar-refractivity contribution is 6.02. The smallest absolute Gasteiger partial charge is 0.284 e. The second-order valence-electron chi connectivity index (χ2n) is 6.26. The molecule has 0 spiro atoms. The molecule has 1 aliphatic heterocycles. The van der Waals surface area contributed by atoms with Crippen LogP contribution in [-0.4, -0.2) is 24.3 Å². The number of amides is 1. The predicted molar refractivity (Wildman–Crippen MR) is 95.0 cm³/mol. The van der Waals surface area contributed by atoms with Gasteiger partial charge >= 0.3 is 0 Å². The van der Waals surface area contributed by atoms with Crippen LogP contribution in [0.15, 0.2) is 53.6 Å². The standard InChI is InChI=1S/C20H20N2O3/c23-20(19-13-24-17-11-5-6-12-18(17)25-19)22-21-16-10-4-2-8-14-7-1-3-9-15(14)16/h1,3,5-7,9,11-12,19H,2,4,8,10,13H2,(H,22,23)/b21-16-/t19-/m0/s1. The third-order valence-corrected chi connectivity index (χ3v) is 4.54. The van der Waals surface area contributed by atoms with Crippen LogP contribution in [-0.2, 0) is 11.2 Å². The maximum atomic E-state index is 12.4. The van der Waals surface area contributed by atoms with E-state index in [9.17, 15) is 4.79 Å². The second-order valence-corrected chi connectivity index (χ2v) is 6.26. The first-order valence-corrected chi connectivity index (χ1v) is 8.64. The lowest BCUT2D eigenvalue weighted by Crippen LogP contribution is -2.42. The van der Waals surface area contributed by atoms with Crippen molar-refractivity contribution in [1.82, 2.24) is 5.43 Å². The third-order valence-electron chi connectivity index (χ3n) is 4.54. The molecule has 2 aliphatic rings. The van der Waals surface area contributed by atoms with Crippen molar-refractivity contribution in [3.05, 3.63) is 59.7 Å². The number of hydrogen-bond donors (Lipinski definition) is 1. The molecule has 1 heterocycles. The number of rotatable bonds is 2. The van der Waals surface area contributed by atoms with Gasteiger partial charge in [0, 0.05) is 5.56 Å². The van der Waals surface area contributed by atoms with Gasteiger partial charge in [-0.15, -0.1) is 0 Å². The summed E-state index contributed by atoms with van der Waals surface area (Å²) < 4.78 is 11.3. The van der Waals surface area contributed by atoms with Gasteiger partial charge in [0.05, 0.1) is 5.71 Å². The molecule has 0 fully saturated rings. The Labute approximate surface area is 146 Å². The fourth-order valence-electron chi connectivity index (χ4n) is 3.22. The van der Waals surface area contributed by atoms with E-state index >= 15 is 0 Å². The number of para-hydroxylation sites is 2. The minimum absolute atomic E-state index is 0.185. The maximum Gasteiger partial charge on any atom is 0.284 e. The SMILES string of the molecule is O=C(N/N=C1/CCCCc2ccccc21)[C@@H]1COc2ccccc2O1. The normalized spacial score (nSPS) is 20.5. The number of nitrogens with one attached hydrogen (secondary N) is 1. The molecule has 0 aromatic heterocycles. The summed E-state index contributed by atoms with van der Waals surface area (Å²) in [5.41, 5.74) is 6.02. The van der Waals surface area contributed by atoms with Gasteiger partial charge in [0.1, 0.15) is 6.61 Å². The molecule has 0 bridgehead atoms. The lowest BCUT2D eigenvalue weighted by Gasteiger charge is -2.24. The van der Waals surface area contributed by atoms with Gasteiger partial charge in [-0.2, -0.15) is 5.10 Å². The van der Waals surface area contributed by atoms with Crippen molar-refractivity contribution in [3.8, 4) is 11.5 Å². The Bertz CT molecular complexity index is 816. The summed E-state index contributed by atoms with van der Waals surface area (Å²) in [6.45, 7) is 0.185. The van der Waals surface area contributed by atoms with E-state index in [4.69, 9.17) is 9.47 Å². The summed E-state index contributed by atoms with van der Waals surface area (Å²) in [6, 6.07) is 15.6. The number of carbonyl (C=O) groups is 1. The average molecular weight is 336 g/mol. The van der Waals surface area contributed by atoms with Crippen LogP contribution in [0, 0.1) is 0 Å². The average Bonchev–Trinajstić information content (AvgIpc) is 2.88. The van der Waals surface area contributed by atoms with Crippen molar-refractivity contribution < 1.29 is 14.3 Å². The Morgan fingerprint density at radius 2 is 1.76 bits per heavy atom. The first kappa shape index (κ1) is 15.7. The number of hydrazone groups is 1. The number of aryl methyl sites for hydroxylation is 1. The molecule has 0 radical (unpaired) electrons. The predicted octanol–water partition coefficient (Wildman–Crippen LogP) is 3.07. The molecule has 2 aromatic rings. The number of carbonyl (C=O) groups excluding carboxylic acids is 1. The first-order chi connectivity index (χ1) is 12.3. The Morgan fingerprint density at radius 3 is 2.68 bits per heavy atom. The summed E-state index contributed by atoms with van der Waals surface area (Å²) in [5.74, 6) is 0.959. The summed E-state index contributed by atoms with van der Waals surface area (Å²) in [6.07, 6.45) is 3.43. The van der Waals surface area contributed by atoms with Crippen LogP contribution in [0.2, 0.25) is 0 Å². The molecular formula is C20H20N2O3. The molecule has 25 heavy (non-hydrogen) atoms. The minimum atomic E-state index is -0.694. The number of hydrogen-bond acceptors (Lipinski definition) is 4. The van der Waals surface area contributed by atoms with Crippen molar-refractivity contribution in [3.63, 3.8) is 0 Å². The zero-order chi connectivity index (χ0) is 17.1. The van der Waals surface area contributed by atoms with Crippen LogP contribution in [0.4, 0.5) is 0 Å². The van der Waals surface area contributed by atoms with Crippen molar-refractivity contribution >= 4 is 11.6 Å². The number of benzene rings is 2. The summed E-state index contributed by atoms with van der Waals surface area (Å²) in [7, 11) is 0. The Hall–Kier alpha value is -2.82. The fourth-order valence-corrected chi connectivity index (χ4v) is 3.22. The van der Waals surface area contributed by atoms with Gasteiger partial charge in [-0.05, 0) is 43.4 Å². The number of fused-ring (bicyclic) bond motifs is 2. The third kappa shape index (κ3) is 3.36. The molecule has 4 rings (SSSR count). The van der Waals surface area contributed by atoms with Crippen LogP contribution in [0.25, 0.3) is 0 Å². The monoisotopic (exact) mass is 336 g/mol. The van der Waals surface area contributed by atoms with Gasteiger partial charge in [0.15, 0.2) is 11.5 Å². The summed E-state index contributed by atoms with van der Waals surface area (Å²) in [5, 5.41) is 4.40. The first-order valence-electron chi connectivity index (χ1n) is 8.64. The number of nitrogens with zero attached hydrogens (tertiary/aromatic N) is 1. The molecular weight excluding hydrogens is 316 g/mol. The van der Waals surface area contributed by atoms with E-state index in [2.05, 4.69) is 22.7 Å². The van der Waals surface area contributed by atoms with Gasteiger partial charge in [-0.25, -0.2) is 5.43 Å². The van der Waals surface area contributed by atoms with E-state index in [0.29, 0.717) is 11.5 Å². The summed E-state index contributed by atoms with van der Waals surface area (Å²) >= 11 is 0. The second kappa shape index (κ2) is 6.97. The molecule has 128 valence electrons. The van der Waals surface area contributed by atoms with Crippen molar-refractivity contribution in [1.29, 1.82) is 0 Å². The summed E-state index contributed by atoms with van der Waals surface area (Å²) in [4.78, 5) is 12.4. The van der Waals surface area contributed by atoms with E-state index in [1.54, 1.807) is 6.07 Å². The van der Waals surface area contributed by atoms with Crippen molar-refractivity contribution in [2.45, 2.75) is 31.8 Å². The molecule has 1 amide bonds. The quantitative estimate of drug-likeness (QED) is 0.677. The van der Waals surface area contributed by atoms with E-state index < -0.39 is 6.10 Å². The van der Waals surface area contributed by atoms with Gasteiger partial charge in [-0.3, -0.25) is 4.79 Å². The topological polar surface area (TPSA) is 59.9 Å². The van der Waals surface area contributed by atoms with Gasteiger partial charge < -0.3 is 9.47 Å². The molecule has 0 saturated carbocycles. The van der Waals surface area contributed by atoms with E-state index in [1.807, 2.05) is 30.3 Å². The van der Waals surface area contributed by atoms with E-state index in [0.717, 1.165) is 37.0 Å². The Balaban J connectivity index is 1.48. The molecule has 1 N–H and O–H groups in total. The highest BCUT2D eigenvalue weighted by Gasteiger charge is 2.27.